The standard InChI is InChI=1S/C43H56N8O8S2/c1-3-12-38(54)47-36(42(58)50-35(23-52)26(2)53)24-60-61-25-37(51-40(56)31(44)19-27-13-6-4-7-14-27)43(59)49-34(20-28-15-8-5-9-16-28)41(57)48-33(39(45)55)21-29-22-46-32-18-11-10-17-30(29)32/h4-11,13-18,22,26,31,33-37,46,52-53H,3,12,19-21,23-25,44H2,1-2H3,(H2,45,55)(H,47,54)(H,48,57)(H,49,59)(H,50,58)(H,51,56)/t26?,31-,33-,34+,35?,36+,37+/m1/s1. The minimum Gasteiger partial charge on any atom is -0.394 e. The number of carbonyl (C=O) groups excluding carboxylic acids is 6. The Morgan fingerprint density at radius 1 is 0.672 bits per heavy atom. The van der Waals surface area contributed by atoms with Gasteiger partial charge in [-0.05, 0) is 42.5 Å². The Balaban J connectivity index is 1.54. The molecule has 0 saturated carbocycles. The van der Waals surface area contributed by atoms with Gasteiger partial charge in [0.1, 0.15) is 24.2 Å². The Morgan fingerprint density at radius 3 is 1.79 bits per heavy atom. The van der Waals surface area contributed by atoms with Gasteiger partial charge in [0, 0.05) is 47.9 Å². The first-order valence-corrected chi connectivity index (χ1v) is 22.5. The second-order valence-electron chi connectivity index (χ2n) is 14.6. The van der Waals surface area contributed by atoms with Crippen LogP contribution in [0.3, 0.4) is 0 Å². The number of para-hydroxylation sites is 1. The lowest BCUT2D eigenvalue weighted by atomic mass is 10.0. The summed E-state index contributed by atoms with van der Waals surface area (Å²) >= 11 is 0. The third-order valence-corrected chi connectivity index (χ3v) is 12.2. The summed E-state index contributed by atoms with van der Waals surface area (Å²) in [5, 5.41) is 34.0. The summed E-state index contributed by atoms with van der Waals surface area (Å²) in [7, 11) is 2.27. The van der Waals surface area contributed by atoms with E-state index in [2.05, 4.69) is 31.6 Å². The summed E-state index contributed by atoms with van der Waals surface area (Å²) in [6, 6.07) is 18.9. The number of benzene rings is 3. The van der Waals surface area contributed by atoms with E-state index in [1.807, 2.05) is 67.6 Å². The number of rotatable bonds is 25. The van der Waals surface area contributed by atoms with E-state index in [9.17, 15) is 39.0 Å². The quantitative estimate of drug-likeness (QED) is 0.0331. The van der Waals surface area contributed by atoms with Crippen molar-refractivity contribution in [1.82, 2.24) is 31.6 Å². The van der Waals surface area contributed by atoms with Crippen molar-refractivity contribution in [1.29, 1.82) is 0 Å². The van der Waals surface area contributed by atoms with Gasteiger partial charge < -0.3 is 53.2 Å². The third-order valence-electron chi connectivity index (χ3n) is 9.73. The number of aromatic nitrogens is 1. The van der Waals surface area contributed by atoms with Gasteiger partial charge in [0.2, 0.25) is 35.4 Å². The molecule has 328 valence electrons. The Bertz CT molecular complexity index is 2060. The van der Waals surface area contributed by atoms with Crippen molar-refractivity contribution in [3.8, 4) is 0 Å². The highest BCUT2D eigenvalue weighted by Gasteiger charge is 2.32. The minimum atomic E-state index is -1.24. The molecule has 4 rings (SSSR count). The minimum absolute atomic E-state index is 0.0176. The molecule has 0 fully saturated rings. The van der Waals surface area contributed by atoms with Crippen molar-refractivity contribution < 1.29 is 39.0 Å². The number of aliphatic hydroxyl groups is 2. The molecule has 6 amide bonds. The molecule has 16 nitrogen and oxygen atoms in total. The summed E-state index contributed by atoms with van der Waals surface area (Å²) in [4.78, 5) is 83.4. The molecule has 1 heterocycles. The first-order chi connectivity index (χ1) is 29.3. The number of aliphatic hydroxyl groups excluding tert-OH is 2. The van der Waals surface area contributed by atoms with Crippen molar-refractivity contribution in [2.45, 2.75) is 88.3 Å². The number of fused-ring (bicyclic) bond motifs is 1. The fraction of sp³-hybridized carbons (Fsp3) is 0.395. The lowest BCUT2D eigenvalue weighted by Gasteiger charge is -2.26. The van der Waals surface area contributed by atoms with E-state index < -0.39 is 78.5 Å². The number of aromatic amines is 1. The summed E-state index contributed by atoms with van der Waals surface area (Å²) in [5.74, 6) is -3.83. The highest BCUT2D eigenvalue weighted by molar-refractivity contribution is 8.76. The monoisotopic (exact) mass is 876 g/mol. The molecule has 0 aliphatic carbocycles. The fourth-order valence-corrected chi connectivity index (χ4v) is 8.61. The molecule has 18 heteroatoms. The zero-order valence-electron chi connectivity index (χ0n) is 34.2. The molecule has 3 aromatic carbocycles. The van der Waals surface area contributed by atoms with Crippen molar-refractivity contribution in [3.05, 3.63) is 108 Å². The number of H-pyrrole nitrogens is 1. The molecular formula is C43H56N8O8S2. The fourth-order valence-electron chi connectivity index (χ4n) is 6.28. The molecule has 61 heavy (non-hydrogen) atoms. The van der Waals surface area contributed by atoms with E-state index in [-0.39, 0.29) is 43.1 Å². The van der Waals surface area contributed by atoms with E-state index >= 15 is 0 Å². The van der Waals surface area contributed by atoms with Crippen molar-refractivity contribution in [2.75, 3.05) is 18.1 Å². The smallest absolute Gasteiger partial charge is 0.244 e. The van der Waals surface area contributed by atoms with E-state index in [0.29, 0.717) is 12.0 Å². The van der Waals surface area contributed by atoms with Crippen LogP contribution in [0.5, 0.6) is 0 Å². The number of primary amides is 1. The second kappa shape index (κ2) is 24.8. The van der Waals surface area contributed by atoms with Gasteiger partial charge in [-0.15, -0.1) is 0 Å². The zero-order chi connectivity index (χ0) is 44.3. The van der Waals surface area contributed by atoms with Crippen molar-refractivity contribution in [3.63, 3.8) is 0 Å². The molecule has 0 bridgehead atoms. The molecule has 1 aromatic heterocycles. The molecule has 0 saturated heterocycles. The van der Waals surface area contributed by atoms with E-state index in [1.165, 1.54) is 6.92 Å². The van der Waals surface area contributed by atoms with Crippen molar-refractivity contribution in [2.24, 2.45) is 11.5 Å². The van der Waals surface area contributed by atoms with Gasteiger partial charge in [0.05, 0.1) is 24.8 Å². The number of nitrogens with two attached hydrogens (primary N) is 2. The van der Waals surface area contributed by atoms with Gasteiger partial charge in [-0.1, -0.05) is 107 Å². The Labute approximate surface area is 362 Å². The molecule has 2 unspecified atom stereocenters. The van der Waals surface area contributed by atoms with Gasteiger partial charge in [0.25, 0.3) is 0 Å². The zero-order valence-corrected chi connectivity index (χ0v) is 35.8. The average Bonchev–Trinajstić information content (AvgIpc) is 3.65. The lowest BCUT2D eigenvalue weighted by Crippen LogP contribution is -2.59. The number of amides is 6. The van der Waals surface area contributed by atoms with Gasteiger partial charge in [-0.3, -0.25) is 28.8 Å². The Morgan fingerprint density at radius 2 is 1.20 bits per heavy atom. The van der Waals surface area contributed by atoms with E-state index in [4.69, 9.17) is 11.5 Å². The van der Waals surface area contributed by atoms with Crippen LogP contribution in [-0.2, 0) is 48.0 Å². The third kappa shape index (κ3) is 15.5. The maximum absolute atomic E-state index is 14.2. The van der Waals surface area contributed by atoms with Crippen LogP contribution in [0, 0.1) is 0 Å². The molecule has 7 atom stereocenters. The average molecular weight is 877 g/mol. The van der Waals surface area contributed by atoms with Gasteiger partial charge in [-0.25, -0.2) is 0 Å². The van der Waals surface area contributed by atoms with Gasteiger partial charge >= 0.3 is 0 Å². The molecular weight excluding hydrogens is 821 g/mol. The van der Waals surface area contributed by atoms with Gasteiger partial charge in [0.15, 0.2) is 0 Å². The van der Waals surface area contributed by atoms with Crippen LogP contribution in [-0.4, -0.2) is 111 Å². The Kier molecular flexibility index (Phi) is 19.6. The van der Waals surface area contributed by atoms with Crippen LogP contribution >= 0.6 is 21.6 Å². The molecule has 4 aromatic rings. The highest BCUT2D eigenvalue weighted by Crippen LogP contribution is 2.24. The number of nitrogens with one attached hydrogen (secondary N) is 6. The van der Waals surface area contributed by atoms with E-state index in [1.54, 1.807) is 30.5 Å². The largest absolute Gasteiger partial charge is 0.394 e. The highest BCUT2D eigenvalue weighted by atomic mass is 33.1. The number of carbonyl (C=O) groups is 6. The molecule has 12 N–H and O–H groups in total. The summed E-state index contributed by atoms with van der Waals surface area (Å²) in [6.45, 7) is 2.70. The number of hydrogen-bond acceptors (Lipinski definition) is 11. The van der Waals surface area contributed by atoms with Crippen LogP contribution in [0.4, 0.5) is 0 Å². The van der Waals surface area contributed by atoms with E-state index in [0.717, 1.165) is 43.6 Å². The number of hydrogen-bond donors (Lipinski definition) is 10. The Hall–Kier alpha value is -5.40. The lowest BCUT2D eigenvalue weighted by molar-refractivity contribution is -0.133. The molecule has 0 spiro atoms. The van der Waals surface area contributed by atoms with Crippen LogP contribution in [0.1, 0.15) is 43.4 Å². The van der Waals surface area contributed by atoms with Crippen LogP contribution < -0.4 is 38.1 Å². The summed E-state index contributed by atoms with van der Waals surface area (Å²) < 4.78 is 0. The van der Waals surface area contributed by atoms with Gasteiger partial charge in [-0.2, -0.15) is 0 Å². The maximum atomic E-state index is 14.2. The van der Waals surface area contributed by atoms with Crippen LogP contribution in [0.2, 0.25) is 0 Å². The molecule has 0 aliphatic rings. The molecule has 0 aliphatic heterocycles. The first-order valence-electron chi connectivity index (χ1n) is 20.0. The van der Waals surface area contributed by atoms with Crippen LogP contribution in [0.15, 0.2) is 91.1 Å². The second-order valence-corrected chi connectivity index (χ2v) is 17.2. The molecule has 0 radical (unpaired) electrons. The summed E-state index contributed by atoms with van der Waals surface area (Å²) in [5.41, 5.74) is 15.2. The predicted octanol–water partition coefficient (Wildman–Crippen LogP) is 0.987. The maximum Gasteiger partial charge on any atom is 0.244 e. The first kappa shape index (κ1) is 48.3. The van der Waals surface area contributed by atoms with Crippen LogP contribution in [0.25, 0.3) is 10.9 Å². The predicted molar refractivity (Wildman–Crippen MR) is 238 cm³/mol. The summed E-state index contributed by atoms with van der Waals surface area (Å²) in [6.07, 6.45) is 1.68. The SMILES string of the molecule is CCCC(=O)N[C@@H](CSSC[C@H](NC(=O)[C@H](N)Cc1ccccc1)C(=O)N[C@@H](Cc1ccccc1)C(=O)N[C@H](Cc1c[nH]c2ccccc12)C(N)=O)C(=O)NC(CO)C(C)O. The normalized spacial score (nSPS) is 14.6. The topological polar surface area (TPSA) is 271 Å². The van der Waals surface area contributed by atoms with Crippen molar-refractivity contribution >= 4 is 67.9 Å².